The van der Waals surface area contributed by atoms with Gasteiger partial charge in [0.15, 0.2) is 12.6 Å². The Morgan fingerprint density at radius 2 is 1.88 bits per heavy atom. The van der Waals surface area contributed by atoms with E-state index >= 15 is 0 Å². The SMILES string of the molecule is Cc1c(C)c2c(c(C)c1O)CCC(C)(CCNC(=O)COc1ccc(N=C(N)N)cc1)O2. The van der Waals surface area contributed by atoms with Gasteiger partial charge in [-0.15, -0.1) is 0 Å². The van der Waals surface area contributed by atoms with Crippen LogP contribution in [0.1, 0.15) is 42.0 Å². The first-order chi connectivity index (χ1) is 15.1. The molecule has 1 amide bonds. The Kier molecular flexibility index (Phi) is 6.81. The predicted molar refractivity (Wildman–Crippen MR) is 125 cm³/mol. The summed E-state index contributed by atoms with van der Waals surface area (Å²) in [5.74, 6) is 1.55. The molecule has 1 aliphatic heterocycles. The van der Waals surface area contributed by atoms with Crippen LogP contribution in [0.5, 0.6) is 17.2 Å². The van der Waals surface area contributed by atoms with E-state index in [2.05, 4.69) is 17.2 Å². The molecule has 8 nitrogen and oxygen atoms in total. The molecule has 32 heavy (non-hydrogen) atoms. The number of guanidine groups is 1. The number of hydrogen-bond acceptors (Lipinski definition) is 5. The molecule has 0 aromatic heterocycles. The van der Waals surface area contributed by atoms with Gasteiger partial charge in [0.1, 0.15) is 22.8 Å². The van der Waals surface area contributed by atoms with Gasteiger partial charge in [-0.2, -0.15) is 0 Å². The lowest BCUT2D eigenvalue weighted by molar-refractivity contribution is -0.123. The predicted octanol–water partition coefficient (Wildman–Crippen LogP) is 2.89. The molecule has 1 aliphatic rings. The van der Waals surface area contributed by atoms with Gasteiger partial charge in [-0.3, -0.25) is 4.79 Å². The van der Waals surface area contributed by atoms with Crippen LogP contribution in [-0.2, 0) is 11.2 Å². The van der Waals surface area contributed by atoms with Crippen molar-refractivity contribution in [3.63, 3.8) is 0 Å². The molecule has 0 bridgehead atoms. The minimum Gasteiger partial charge on any atom is -0.507 e. The third-order valence-electron chi connectivity index (χ3n) is 6.03. The highest BCUT2D eigenvalue weighted by atomic mass is 16.5. The van der Waals surface area contributed by atoms with Gasteiger partial charge in [-0.1, -0.05) is 0 Å². The normalized spacial score (nSPS) is 17.1. The highest BCUT2D eigenvalue weighted by Gasteiger charge is 2.34. The summed E-state index contributed by atoms with van der Waals surface area (Å²) in [6.45, 7) is 8.27. The fourth-order valence-corrected chi connectivity index (χ4v) is 3.90. The number of aliphatic imine (C=N–C) groups is 1. The largest absolute Gasteiger partial charge is 0.507 e. The molecule has 0 saturated heterocycles. The molecule has 0 saturated carbocycles. The zero-order chi connectivity index (χ0) is 23.5. The van der Waals surface area contributed by atoms with Crippen molar-refractivity contribution in [3.05, 3.63) is 46.5 Å². The number of ether oxygens (including phenoxy) is 2. The van der Waals surface area contributed by atoms with Crippen molar-refractivity contribution in [3.8, 4) is 17.2 Å². The lowest BCUT2D eigenvalue weighted by Gasteiger charge is -2.38. The van der Waals surface area contributed by atoms with Crippen molar-refractivity contribution in [2.75, 3.05) is 13.2 Å². The van der Waals surface area contributed by atoms with Crippen LogP contribution in [0.15, 0.2) is 29.3 Å². The molecule has 0 radical (unpaired) electrons. The van der Waals surface area contributed by atoms with E-state index in [-0.39, 0.29) is 24.1 Å². The van der Waals surface area contributed by atoms with Gasteiger partial charge in [0.2, 0.25) is 0 Å². The number of nitrogens with two attached hydrogens (primary N) is 2. The molecular formula is C24H32N4O4. The van der Waals surface area contributed by atoms with E-state index in [1.807, 2.05) is 20.8 Å². The second kappa shape index (κ2) is 9.38. The maximum Gasteiger partial charge on any atom is 0.257 e. The summed E-state index contributed by atoms with van der Waals surface area (Å²) in [6.07, 6.45) is 2.32. The summed E-state index contributed by atoms with van der Waals surface area (Å²) in [6, 6.07) is 6.81. The number of benzene rings is 2. The monoisotopic (exact) mass is 440 g/mol. The highest BCUT2D eigenvalue weighted by Crippen LogP contribution is 2.43. The number of fused-ring (bicyclic) bond motifs is 1. The molecule has 0 aliphatic carbocycles. The lowest BCUT2D eigenvalue weighted by Crippen LogP contribution is -2.41. The lowest BCUT2D eigenvalue weighted by atomic mass is 9.85. The molecule has 0 fully saturated rings. The molecule has 172 valence electrons. The number of phenols is 1. The second-order valence-electron chi connectivity index (χ2n) is 8.50. The van der Waals surface area contributed by atoms with Crippen molar-refractivity contribution in [1.29, 1.82) is 0 Å². The Bertz CT molecular complexity index is 1030. The van der Waals surface area contributed by atoms with Crippen LogP contribution >= 0.6 is 0 Å². The number of aromatic hydroxyl groups is 1. The number of nitrogens with zero attached hydrogens (tertiary/aromatic N) is 1. The van der Waals surface area contributed by atoms with E-state index in [0.29, 0.717) is 30.2 Å². The van der Waals surface area contributed by atoms with Crippen LogP contribution in [0.25, 0.3) is 0 Å². The molecule has 8 heteroatoms. The third-order valence-corrected chi connectivity index (χ3v) is 6.03. The standard InChI is InChI=1S/C24H32N4O4/c1-14-15(2)22-19(16(3)21(14)30)9-10-24(4,32-22)11-12-27-20(29)13-31-18-7-5-17(6-8-18)28-23(25)26/h5-8,30H,9-13H2,1-4H3,(H,27,29)(H4,25,26,28). The third kappa shape index (κ3) is 5.25. The Hall–Kier alpha value is -3.42. The minimum atomic E-state index is -0.386. The molecular weight excluding hydrogens is 408 g/mol. The average molecular weight is 441 g/mol. The smallest absolute Gasteiger partial charge is 0.257 e. The van der Waals surface area contributed by atoms with Crippen LogP contribution < -0.4 is 26.3 Å². The van der Waals surface area contributed by atoms with Crippen molar-refractivity contribution in [1.82, 2.24) is 5.32 Å². The topological polar surface area (TPSA) is 132 Å². The summed E-state index contributed by atoms with van der Waals surface area (Å²) in [4.78, 5) is 16.1. The van der Waals surface area contributed by atoms with E-state index in [9.17, 15) is 9.90 Å². The molecule has 2 aromatic rings. The zero-order valence-corrected chi connectivity index (χ0v) is 19.1. The van der Waals surface area contributed by atoms with Crippen molar-refractivity contribution < 1.29 is 19.4 Å². The van der Waals surface area contributed by atoms with Gasteiger partial charge in [0.05, 0.1) is 5.69 Å². The highest BCUT2D eigenvalue weighted by molar-refractivity contribution is 5.79. The molecule has 3 rings (SSSR count). The first kappa shape index (κ1) is 23.2. The number of carbonyl (C=O) groups excluding carboxylic acids is 1. The molecule has 1 unspecified atom stereocenters. The van der Waals surface area contributed by atoms with Crippen LogP contribution in [0.2, 0.25) is 0 Å². The number of phenolic OH excluding ortho intramolecular Hbond substituents is 1. The van der Waals surface area contributed by atoms with E-state index in [0.717, 1.165) is 40.8 Å². The van der Waals surface area contributed by atoms with Crippen molar-refractivity contribution in [2.24, 2.45) is 16.5 Å². The van der Waals surface area contributed by atoms with E-state index in [1.54, 1.807) is 24.3 Å². The summed E-state index contributed by atoms with van der Waals surface area (Å²) in [5.41, 5.74) is 14.7. The van der Waals surface area contributed by atoms with E-state index in [4.69, 9.17) is 20.9 Å². The summed E-state index contributed by atoms with van der Waals surface area (Å²) in [5, 5.41) is 13.2. The Morgan fingerprint density at radius 3 is 2.53 bits per heavy atom. The first-order valence-corrected chi connectivity index (χ1v) is 10.7. The van der Waals surface area contributed by atoms with Crippen LogP contribution in [0.3, 0.4) is 0 Å². The molecule has 0 spiro atoms. The average Bonchev–Trinajstić information content (AvgIpc) is 2.75. The summed E-state index contributed by atoms with van der Waals surface area (Å²) >= 11 is 0. The number of nitrogens with one attached hydrogen (secondary N) is 1. The number of hydrogen-bond donors (Lipinski definition) is 4. The first-order valence-electron chi connectivity index (χ1n) is 10.7. The van der Waals surface area contributed by atoms with E-state index < -0.39 is 0 Å². The maximum absolute atomic E-state index is 12.2. The van der Waals surface area contributed by atoms with Gasteiger partial charge in [-0.05, 0) is 81.5 Å². The maximum atomic E-state index is 12.2. The molecule has 1 atom stereocenters. The van der Waals surface area contributed by atoms with E-state index in [1.165, 1.54) is 0 Å². The van der Waals surface area contributed by atoms with Gasteiger partial charge < -0.3 is 31.4 Å². The van der Waals surface area contributed by atoms with Gasteiger partial charge in [0.25, 0.3) is 5.91 Å². The summed E-state index contributed by atoms with van der Waals surface area (Å²) in [7, 11) is 0. The molecule has 1 heterocycles. The quantitative estimate of drug-likeness (QED) is 0.387. The Labute approximate surface area is 188 Å². The van der Waals surface area contributed by atoms with Gasteiger partial charge in [-0.25, -0.2) is 4.99 Å². The number of rotatable bonds is 7. The van der Waals surface area contributed by atoms with Crippen molar-refractivity contribution >= 4 is 17.6 Å². The molecule has 2 aromatic carbocycles. The fraction of sp³-hybridized carbons (Fsp3) is 0.417. The fourth-order valence-electron chi connectivity index (χ4n) is 3.90. The van der Waals surface area contributed by atoms with Crippen LogP contribution in [0.4, 0.5) is 5.69 Å². The zero-order valence-electron chi connectivity index (χ0n) is 19.1. The number of amides is 1. The van der Waals surface area contributed by atoms with Crippen molar-refractivity contribution in [2.45, 2.75) is 52.6 Å². The Balaban J connectivity index is 1.50. The second-order valence-corrected chi connectivity index (χ2v) is 8.50. The number of carbonyl (C=O) groups is 1. The van der Waals surface area contributed by atoms with Crippen LogP contribution in [-0.4, -0.2) is 35.7 Å². The molecule has 6 N–H and O–H groups in total. The van der Waals surface area contributed by atoms with Gasteiger partial charge >= 0.3 is 0 Å². The minimum absolute atomic E-state index is 0.0178. The van der Waals surface area contributed by atoms with Gasteiger partial charge in [0, 0.05) is 18.5 Å². The summed E-state index contributed by atoms with van der Waals surface area (Å²) < 4.78 is 11.9. The Morgan fingerprint density at radius 1 is 1.19 bits per heavy atom. The van der Waals surface area contributed by atoms with Crippen LogP contribution in [0, 0.1) is 20.8 Å².